The molecule has 1 aromatic carbocycles. The van der Waals surface area contributed by atoms with Crippen LogP contribution in [0.3, 0.4) is 0 Å². The number of fused-ring (bicyclic) bond motifs is 1. The molecule has 1 aliphatic heterocycles. The van der Waals surface area contributed by atoms with Gasteiger partial charge < -0.3 is 14.2 Å². The number of amides is 2. The topological polar surface area (TPSA) is 79.5 Å². The van der Waals surface area contributed by atoms with Crippen LogP contribution in [0.25, 0.3) is 10.9 Å². The van der Waals surface area contributed by atoms with E-state index in [4.69, 9.17) is 4.42 Å². The van der Waals surface area contributed by atoms with E-state index in [0.717, 1.165) is 23.7 Å². The van der Waals surface area contributed by atoms with Crippen molar-refractivity contribution in [3.63, 3.8) is 0 Å². The van der Waals surface area contributed by atoms with Crippen molar-refractivity contribution < 1.29 is 14.0 Å². The first-order valence-corrected chi connectivity index (χ1v) is 8.93. The number of hydrogen-bond acceptors (Lipinski definition) is 5. The number of aromatic nitrogens is 2. The van der Waals surface area contributed by atoms with Crippen LogP contribution in [0.1, 0.15) is 33.7 Å². The molecule has 0 bridgehead atoms. The van der Waals surface area contributed by atoms with Crippen LogP contribution in [0, 0.1) is 0 Å². The molecule has 1 atom stereocenters. The third-order valence-corrected chi connectivity index (χ3v) is 4.97. The molecule has 138 valence electrons. The van der Waals surface area contributed by atoms with E-state index in [-0.39, 0.29) is 23.6 Å². The lowest BCUT2D eigenvalue weighted by Gasteiger charge is -2.28. The highest BCUT2D eigenvalue weighted by molar-refractivity contribution is 5.98. The van der Waals surface area contributed by atoms with E-state index in [9.17, 15) is 9.59 Å². The molecule has 2 aromatic heterocycles. The van der Waals surface area contributed by atoms with Gasteiger partial charge in [0.15, 0.2) is 12.1 Å². The lowest BCUT2D eigenvalue weighted by molar-refractivity contribution is 0.0647. The quantitative estimate of drug-likeness (QED) is 0.711. The SMILES string of the molecule is CN(C[C@@H]1CCCN1C(=O)c1ccc2cccnc2c1)C(=O)c1cocn1. The second-order valence-corrected chi connectivity index (χ2v) is 6.76. The number of likely N-dealkylation sites (tertiary alicyclic amines) is 1. The first kappa shape index (κ1) is 17.2. The summed E-state index contributed by atoms with van der Waals surface area (Å²) in [7, 11) is 1.72. The number of hydrogen-bond donors (Lipinski definition) is 0. The zero-order valence-corrected chi connectivity index (χ0v) is 15.0. The maximum atomic E-state index is 13.0. The fourth-order valence-corrected chi connectivity index (χ4v) is 3.57. The Labute approximate surface area is 156 Å². The number of carbonyl (C=O) groups is 2. The van der Waals surface area contributed by atoms with Crippen molar-refractivity contribution >= 4 is 22.7 Å². The molecule has 2 amide bonds. The summed E-state index contributed by atoms with van der Waals surface area (Å²) in [5.41, 5.74) is 1.70. The van der Waals surface area contributed by atoms with Crippen LogP contribution in [0.4, 0.5) is 0 Å². The van der Waals surface area contributed by atoms with Gasteiger partial charge >= 0.3 is 0 Å². The predicted molar refractivity (Wildman–Crippen MR) is 99.3 cm³/mol. The molecule has 1 aliphatic rings. The summed E-state index contributed by atoms with van der Waals surface area (Å²) in [6, 6.07) is 9.42. The normalized spacial score (nSPS) is 16.6. The van der Waals surface area contributed by atoms with Gasteiger partial charge in [-0.15, -0.1) is 0 Å². The number of nitrogens with zero attached hydrogens (tertiary/aromatic N) is 4. The first-order valence-electron chi connectivity index (χ1n) is 8.93. The summed E-state index contributed by atoms with van der Waals surface area (Å²) in [6.45, 7) is 1.15. The third-order valence-electron chi connectivity index (χ3n) is 4.97. The van der Waals surface area contributed by atoms with Crippen LogP contribution in [0.15, 0.2) is 53.6 Å². The third kappa shape index (κ3) is 3.40. The van der Waals surface area contributed by atoms with Crippen LogP contribution in [-0.2, 0) is 0 Å². The van der Waals surface area contributed by atoms with Gasteiger partial charge in [0, 0.05) is 43.3 Å². The highest BCUT2D eigenvalue weighted by Gasteiger charge is 2.31. The van der Waals surface area contributed by atoms with E-state index in [2.05, 4.69) is 9.97 Å². The van der Waals surface area contributed by atoms with E-state index in [1.165, 1.54) is 12.7 Å². The Kier molecular flexibility index (Phi) is 4.58. The van der Waals surface area contributed by atoms with Crippen molar-refractivity contribution in [1.29, 1.82) is 0 Å². The first-order chi connectivity index (χ1) is 13.1. The molecule has 0 unspecified atom stereocenters. The maximum Gasteiger partial charge on any atom is 0.275 e. The van der Waals surface area contributed by atoms with Crippen LogP contribution in [-0.4, -0.2) is 57.8 Å². The molecule has 1 saturated heterocycles. The summed E-state index contributed by atoms with van der Waals surface area (Å²) in [6.07, 6.45) is 6.08. The monoisotopic (exact) mass is 364 g/mol. The smallest absolute Gasteiger partial charge is 0.275 e. The van der Waals surface area contributed by atoms with Crippen LogP contribution in [0.5, 0.6) is 0 Å². The van der Waals surface area contributed by atoms with E-state index in [1.54, 1.807) is 18.1 Å². The number of benzene rings is 1. The zero-order valence-electron chi connectivity index (χ0n) is 15.0. The van der Waals surface area contributed by atoms with Crippen molar-refractivity contribution in [3.8, 4) is 0 Å². The van der Waals surface area contributed by atoms with Gasteiger partial charge in [-0.05, 0) is 31.0 Å². The number of oxazole rings is 1. The Hall–Kier alpha value is -3.22. The molecule has 4 rings (SSSR count). The molecular formula is C20H20N4O3. The molecule has 0 radical (unpaired) electrons. The van der Waals surface area contributed by atoms with Crippen molar-refractivity contribution in [3.05, 3.63) is 60.4 Å². The predicted octanol–water partition coefficient (Wildman–Crippen LogP) is 2.60. The maximum absolute atomic E-state index is 13.0. The lowest BCUT2D eigenvalue weighted by Crippen LogP contribution is -2.44. The molecule has 7 nitrogen and oxygen atoms in total. The standard InChI is InChI=1S/C20H20N4O3/c1-23(20(26)18-12-27-13-22-18)11-16-5-3-9-24(16)19(25)15-7-6-14-4-2-8-21-17(14)10-15/h2,4,6-8,10,12-13,16H,3,5,9,11H2,1H3/t16-/m0/s1. The summed E-state index contributed by atoms with van der Waals surface area (Å²) >= 11 is 0. The summed E-state index contributed by atoms with van der Waals surface area (Å²) in [5.74, 6) is -0.231. The molecule has 0 saturated carbocycles. The molecule has 3 heterocycles. The van der Waals surface area contributed by atoms with Gasteiger partial charge in [-0.1, -0.05) is 12.1 Å². The minimum absolute atomic E-state index is 0.0159. The van der Waals surface area contributed by atoms with Crippen LogP contribution < -0.4 is 0 Å². The van der Waals surface area contributed by atoms with Gasteiger partial charge in [-0.25, -0.2) is 4.98 Å². The van der Waals surface area contributed by atoms with Gasteiger partial charge in [0.1, 0.15) is 6.26 Å². The van der Waals surface area contributed by atoms with Crippen molar-refractivity contribution in [1.82, 2.24) is 19.8 Å². The lowest BCUT2D eigenvalue weighted by atomic mass is 10.1. The van der Waals surface area contributed by atoms with Crippen LogP contribution >= 0.6 is 0 Å². The van der Waals surface area contributed by atoms with Crippen molar-refractivity contribution in [2.75, 3.05) is 20.1 Å². The van der Waals surface area contributed by atoms with E-state index < -0.39 is 0 Å². The van der Waals surface area contributed by atoms with E-state index >= 15 is 0 Å². The number of likely N-dealkylation sites (N-methyl/N-ethyl adjacent to an activating group) is 1. The summed E-state index contributed by atoms with van der Waals surface area (Å²) < 4.78 is 4.88. The molecular weight excluding hydrogens is 344 g/mol. The van der Waals surface area contributed by atoms with Gasteiger partial charge in [0.05, 0.1) is 5.52 Å². The Balaban J connectivity index is 1.50. The minimum Gasteiger partial charge on any atom is -0.451 e. The molecule has 27 heavy (non-hydrogen) atoms. The molecule has 7 heteroatoms. The Morgan fingerprint density at radius 3 is 3.00 bits per heavy atom. The van der Waals surface area contributed by atoms with E-state index in [0.29, 0.717) is 18.7 Å². The number of rotatable bonds is 4. The molecule has 0 N–H and O–H groups in total. The second kappa shape index (κ2) is 7.19. The van der Waals surface area contributed by atoms with Crippen molar-refractivity contribution in [2.24, 2.45) is 0 Å². The van der Waals surface area contributed by atoms with Gasteiger partial charge in [0.25, 0.3) is 11.8 Å². The minimum atomic E-state index is -0.210. The fraction of sp³-hybridized carbons (Fsp3) is 0.300. The summed E-state index contributed by atoms with van der Waals surface area (Å²) in [5, 5.41) is 1.00. The average molecular weight is 364 g/mol. The Bertz CT molecular complexity index is 970. The Morgan fingerprint density at radius 2 is 2.19 bits per heavy atom. The van der Waals surface area contributed by atoms with Crippen molar-refractivity contribution in [2.45, 2.75) is 18.9 Å². The largest absolute Gasteiger partial charge is 0.451 e. The molecule has 1 fully saturated rings. The fourth-order valence-electron chi connectivity index (χ4n) is 3.57. The zero-order chi connectivity index (χ0) is 18.8. The van der Waals surface area contributed by atoms with Gasteiger partial charge in [0.2, 0.25) is 0 Å². The van der Waals surface area contributed by atoms with Gasteiger partial charge in [-0.3, -0.25) is 14.6 Å². The molecule has 0 spiro atoms. The Morgan fingerprint density at radius 1 is 1.30 bits per heavy atom. The second-order valence-electron chi connectivity index (χ2n) is 6.76. The number of pyridine rings is 1. The highest BCUT2D eigenvalue weighted by Crippen LogP contribution is 2.23. The summed E-state index contributed by atoms with van der Waals surface area (Å²) in [4.78, 5) is 37.1. The molecule has 0 aliphatic carbocycles. The highest BCUT2D eigenvalue weighted by atomic mass is 16.3. The average Bonchev–Trinajstić information content (AvgIpc) is 3.38. The van der Waals surface area contributed by atoms with E-state index in [1.807, 2.05) is 35.2 Å². The molecule has 3 aromatic rings. The number of carbonyl (C=O) groups excluding carboxylic acids is 2. The van der Waals surface area contributed by atoms with Gasteiger partial charge in [-0.2, -0.15) is 0 Å². The van der Waals surface area contributed by atoms with Crippen LogP contribution in [0.2, 0.25) is 0 Å².